The number of aromatic nitrogens is 1. The average molecular weight is 355 g/mol. The van der Waals surface area contributed by atoms with Crippen LogP contribution in [0.3, 0.4) is 0 Å². The molecule has 1 aromatic heterocycles. The predicted molar refractivity (Wildman–Crippen MR) is 103 cm³/mol. The molecule has 140 valence electrons. The van der Waals surface area contributed by atoms with Crippen LogP contribution >= 0.6 is 0 Å². The van der Waals surface area contributed by atoms with E-state index in [-0.39, 0.29) is 5.97 Å². The van der Waals surface area contributed by atoms with Gasteiger partial charge in [-0.2, -0.15) is 0 Å². The van der Waals surface area contributed by atoms with Crippen molar-refractivity contribution in [1.29, 1.82) is 0 Å². The number of nitrogens with zero attached hydrogens (tertiary/aromatic N) is 1. The van der Waals surface area contributed by atoms with Crippen LogP contribution in [0.5, 0.6) is 0 Å². The first-order valence-electron chi connectivity index (χ1n) is 9.37. The number of carbonyl (C=O) groups excluding carboxylic acids is 1. The molecular formula is C22H29NO3. The Labute approximate surface area is 156 Å². The first-order chi connectivity index (χ1) is 12.6. The lowest BCUT2D eigenvalue weighted by atomic mass is 10.0. The summed E-state index contributed by atoms with van der Waals surface area (Å²) in [6.07, 6.45) is 2.51. The topological polar surface area (TPSA) is 48.4 Å². The average Bonchev–Trinajstić information content (AvgIpc) is 2.62. The molecule has 0 saturated heterocycles. The van der Waals surface area contributed by atoms with Gasteiger partial charge in [0.15, 0.2) is 0 Å². The van der Waals surface area contributed by atoms with Crippen LogP contribution in [0, 0.1) is 5.92 Å². The highest BCUT2D eigenvalue weighted by molar-refractivity contribution is 5.90. The van der Waals surface area contributed by atoms with Gasteiger partial charge in [-0.3, -0.25) is 4.98 Å². The molecule has 0 aliphatic rings. The third-order valence-electron chi connectivity index (χ3n) is 3.96. The van der Waals surface area contributed by atoms with Crippen LogP contribution < -0.4 is 0 Å². The molecule has 0 bridgehead atoms. The van der Waals surface area contributed by atoms with Gasteiger partial charge in [0, 0.05) is 12.3 Å². The van der Waals surface area contributed by atoms with Gasteiger partial charge < -0.3 is 9.47 Å². The van der Waals surface area contributed by atoms with Crippen LogP contribution in [0.4, 0.5) is 0 Å². The largest absolute Gasteiger partial charge is 0.462 e. The molecule has 1 aromatic carbocycles. The normalized spacial score (nSPS) is 10.9. The molecule has 0 N–H and O–H groups in total. The van der Waals surface area contributed by atoms with E-state index in [1.165, 1.54) is 5.56 Å². The molecule has 2 aromatic rings. The Bertz CT molecular complexity index is 683. The number of aryl methyl sites for hydroxylation is 1. The van der Waals surface area contributed by atoms with Crippen molar-refractivity contribution in [2.75, 3.05) is 13.2 Å². The molecule has 0 aliphatic carbocycles. The van der Waals surface area contributed by atoms with Crippen molar-refractivity contribution in [2.24, 2.45) is 5.92 Å². The zero-order valence-corrected chi connectivity index (χ0v) is 16.0. The summed E-state index contributed by atoms with van der Waals surface area (Å²) in [5.74, 6) is 0.147. The van der Waals surface area contributed by atoms with Gasteiger partial charge in [-0.25, -0.2) is 4.79 Å². The van der Waals surface area contributed by atoms with E-state index in [0.717, 1.165) is 30.7 Å². The standard InChI is InChI=1S/C22H29NO3/c1-4-26-22(24)20-13-12-19(23-21(20)15-17(2)3)11-8-14-25-16-18-9-6-5-7-10-18/h5-7,9-10,12-13,17H,4,8,11,14-16H2,1-3H3. The summed E-state index contributed by atoms with van der Waals surface area (Å²) in [4.78, 5) is 16.8. The molecule has 0 spiro atoms. The minimum atomic E-state index is -0.284. The summed E-state index contributed by atoms with van der Waals surface area (Å²) >= 11 is 0. The third kappa shape index (κ3) is 6.60. The maximum absolute atomic E-state index is 12.1. The quantitative estimate of drug-likeness (QED) is 0.461. The molecule has 0 fully saturated rings. The van der Waals surface area contributed by atoms with E-state index >= 15 is 0 Å². The second-order valence-electron chi connectivity index (χ2n) is 6.76. The van der Waals surface area contributed by atoms with Gasteiger partial charge in [0.1, 0.15) is 0 Å². The number of esters is 1. The highest BCUT2D eigenvalue weighted by Crippen LogP contribution is 2.15. The fourth-order valence-corrected chi connectivity index (χ4v) is 2.74. The SMILES string of the molecule is CCOC(=O)c1ccc(CCCOCc2ccccc2)nc1CC(C)C. The fourth-order valence-electron chi connectivity index (χ4n) is 2.74. The lowest BCUT2D eigenvalue weighted by Gasteiger charge is -2.12. The third-order valence-corrected chi connectivity index (χ3v) is 3.96. The smallest absolute Gasteiger partial charge is 0.339 e. The van der Waals surface area contributed by atoms with Crippen LogP contribution in [0.1, 0.15) is 54.5 Å². The van der Waals surface area contributed by atoms with Gasteiger partial charge in [0.2, 0.25) is 0 Å². The number of hydrogen-bond donors (Lipinski definition) is 0. The van der Waals surface area contributed by atoms with Crippen molar-refractivity contribution in [3.8, 4) is 0 Å². The lowest BCUT2D eigenvalue weighted by molar-refractivity contribution is 0.0524. The molecule has 0 aliphatic heterocycles. The highest BCUT2D eigenvalue weighted by Gasteiger charge is 2.15. The number of benzene rings is 1. The highest BCUT2D eigenvalue weighted by atomic mass is 16.5. The number of rotatable bonds is 10. The van der Waals surface area contributed by atoms with Crippen LogP contribution in [0.25, 0.3) is 0 Å². The summed E-state index contributed by atoms with van der Waals surface area (Å²) < 4.78 is 10.9. The van der Waals surface area contributed by atoms with Crippen molar-refractivity contribution in [1.82, 2.24) is 4.98 Å². The molecule has 0 amide bonds. The van der Waals surface area contributed by atoms with E-state index in [4.69, 9.17) is 14.5 Å². The van der Waals surface area contributed by atoms with Gasteiger partial charge in [-0.15, -0.1) is 0 Å². The van der Waals surface area contributed by atoms with Gasteiger partial charge in [0.25, 0.3) is 0 Å². The number of pyridine rings is 1. The summed E-state index contributed by atoms with van der Waals surface area (Å²) in [6, 6.07) is 13.9. The zero-order chi connectivity index (χ0) is 18.8. The van der Waals surface area contributed by atoms with E-state index in [9.17, 15) is 4.79 Å². The molecule has 4 nitrogen and oxygen atoms in total. The number of ether oxygens (including phenoxy) is 2. The molecule has 0 saturated carbocycles. The Morgan fingerprint density at radius 3 is 2.58 bits per heavy atom. The molecule has 0 unspecified atom stereocenters. The Morgan fingerprint density at radius 1 is 1.12 bits per heavy atom. The minimum absolute atomic E-state index is 0.284. The van der Waals surface area contributed by atoms with Gasteiger partial charge in [0.05, 0.1) is 24.5 Å². The predicted octanol–water partition coefficient (Wildman–Crippen LogP) is 4.61. The maximum Gasteiger partial charge on any atom is 0.339 e. The molecule has 0 atom stereocenters. The van der Waals surface area contributed by atoms with Crippen LogP contribution in [0.2, 0.25) is 0 Å². The second kappa shape index (κ2) is 10.7. The summed E-state index contributed by atoms with van der Waals surface area (Å²) in [6.45, 7) is 7.77. The Hall–Kier alpha value is -2.20. The Kier molecular flexibility index (Phi) is 8.29. The van der Waals surface area contributed by atoms with Crippen molar-refractivity contribution in [3.05, 3.63) is 65.0 Å². The second-order valence-corrected chi connectivity index (χ2v) is 6.76. The van der Waals surface area contributed by atoms with E-state index in [2.05, 4.69) is 26.0 Å². The van der Waals surface area contributed by atoms with E-state index in [1.54, 1.807) is 0 Å². The van der Waals surface area contributed by atoms with Crippen molar-refractivity contribution < 1.29 is 14.3 Å². The monoisotopic (exact) mass is 355 g/mol. The first-order valence-corrected chi connectivity index (χ1v) is 9.37. The first kappa shape index (κ1) is 20.1. The van der Waals surface area contributed by atoms with E-state index < -0.39 is 0 Å². The molecule has 0 radical (unpaired) electrons. The summed E-state index contributed by atoms with van der Waals surface area (Å²) in [5, 5.41) is 0. The van der Waals surface area contributed by atoms with Crippen molar-refractivity contribution in [2.45, 2.75) is 46.6 Å². The molecule has 2 rings (SSSR count). The molecular weight excluding hydrogens is 326 g/mol. The Balaban J connectivity index is 1.89. The Morgan fingerprint density at radius 2 is 1.88 bits per heavy atom. The number of hydrogen-bond acceptors (Lipinski definition) is 4. The summed E-state index contributed by atoms with van der Waals surface area (Å²) in [7, 11) is 0. The van der Waals surface area contributed by atoms with Crippen molar-refractivity contribution in [3.63, 3.8) is 0 Å². The van der Waals surface area contributed by atoms with Crippen LogP contribution in [-0.2, 0) is 28.9 Å². The van der Waals surface area contributed by atoms with E-state index in [1.807, 2.05) is 37.3 Å². The zero-order valence-electron chi connectivity index (χ0n) is 16.0. The lowest BCUT2D eigenvalue weighted by Crippen LogP contribution is -2.13. The maximum atomic E-state index is 12.1. The number of carbonyl (C=O) groups is 1. The van der Waals surface area contributed by atoms with Gasteiger partial charge >= 0.3 is 5.97 Å². The molecule has 4 heteroatoms. The van der Waals surface area contributed by atoms with Crippen LogP contribution in [0.15, 0.2) is 42.5 Å². The molecule has 26 heavy (non-hydrogen) atoms. The molecule has 1 heterocycles. The fraction of sp³-hybridized carbons (Fsp3) is 0.455. The summed E-state index contributed by atoms with van der Waals surface area (Å²) in [5.41, 5.74) is 3.60. The van der Waals surface area contributed by atoms with Crippen LogP contribution in [-0.4, -0.2) is 24.2 Å². The van der Waals surface area contributed by atoms with Crippen molar-refractivity contribution >= 4 is 5.97 Å². The minimum Gasteiger partial charge on any atom is -0.462 e. The van der Waals surface area contributed by atoms with Gasteiger partial charge in [-0.1, -0.05) is 44.2 Å². The van der Waals surface area contributed by atoms with E-state index in [0.29, 0.717) is 31.3 Å². The van der Waals surface area contributed by atoms with Gasteiger partial charge in [-0.05, 0) is 49.8 Å².